The zero-order chi connectivity index (χ0) is 16.9. The molecular formula is C19H18N2O3. The summed E-state index contributed by atoms with van der Waals surface area (Å²) in [5.41, 5.74) is 3.13. The molecule has 0 spiro atoms. The van der Waals surface area contributed by atoms with E-state index in [2.05, 4.69) is 9.97 Å². The van der Waals surface area contributed by atoms with E-state index in [0.29, 0.717) is 17.9 Å². The van der Waals surface area contributed by atoms with Crippen molar-refractivity contribution >= 4 is 22.4 Å². The number of benzene rings is 1. The monoisotopic (exact) mass is 322 g/mol. The van der Waals surface area contributed by atoms with Crippen molar-refractivity contribution in [1.29, 1.82) is 0 Å². The number of aromatic nitrogens is 2. The molecule has 0 atom stereocenters. The number of aromatic amines is 1. The van der Waals surface area contributed by atoms with Crippen LogP contribution in [0.25, 0.3) is 16.5 Å². The molecule has 122 valence electrons. The Labute approximate surface area is 139 Å². The zero-order valence-electron chi connectivity index (χ0n) is 13.6. The summed E-state index contributed by atoms with van der Waals surface area (Å²) in [4.78, 5) is 19.5. The maximum atomic E-state index is 12.0. The number of esters is 1. The van der Waals surface area contributed by atoms with Crippen LogP contribution in [0.5, 0.6) is 5.75 Å². The SMILES string of the molecule is CCOC(=O)C=C(c1cc(OC)c2cc[nH]c2c1)c1ccccn1. The fraction of sp³-hybridized carbons (Fsp3) is 0.158. The number of hydrogen-bond acceptors (Lipinski definition) is 4. The van der Waals surface area contributed by atoms with Crippen molar-refractivity contribution in [3.05, 3.63) is 66.1 Å². The van der Waals surface area contributed by atoms with Crippen molar-refractivity contribution in [1.82, 2.24) is 9.97 Å². The minimum atomic E-state index is -0.399. The van der Waals surface area contributed by atoms with E-state index in [-0.39, 0.29) is 0 Å². The number of nitrogens with zero attached hydrogens (tertiary/aromatic N) is 1. The molecule has 0 saturated carbocycles. The van der Waals surface area contributed by atoms with Crippen LogP contribution in [0.15, 0.2) is 54.9 Å². The van der Waals surface area contributed by atoms with Gasteiger partial charge in [0, 0.05) is 34.9 Å². The summed E-state index contributed by atoms with van der Waals surface area (Å²) in [5, 5.41) is 0.984. The minimum absolute atomic E-state index is 0.323. The first kappa shape index (κ1) is 15.8. The Kier molecular flexibility index (Phi) is 4.61. The van der Waals surface area contributed by atoms with Crippen LogP contribution < -0.4 is 4.74 Å². The second-order valence-electron chi connectivity index (χ2n) is 5.14. The summed E-state index contributed by atoms with van der Waals surface area (Å²) in [6, 6.07) is 11.4. The highest BCUT2D eigenvalue weighted by molar-refractivity contribution is 5.98. The Balaban J connectivity index is 2.17. The molecule has 24 heavy (non-hydrogen) atoms. The molecule has 5 heteroatoms. The van der Waals surface area contributed by atoms with E-state index in [9.17, 15) is 4.79 Å². The lowest BCUT2D eigenvalue weighted by molar-refractivity contribution is -0.137. The molecule has 3 aromatic rings. The second kappa shape index (κ2) is 7.00. The Morgan fingerprint density at radius 3 is 2.88 bits per heavy atom. The number of pyridine rings is 1. The van der Waals surface area contributed by atoms with Crippen LogP contribution in [-0.4, -0.2) is 29.7 Å². The van der Waals surface area contributed by atoms with E-state index in [1.54, 1.807) is 20.2 Å². The number of fused-ring (bicyclic) bond motifs is 1. The largest absolute Gasteiger partial charge is 0.496 e. The van der Waals surface area contributed by atoms with E-state index < -0.39 is 5.97 Å². The molecule has 0 saturated heterocycles. The lowest BCUT2D eigenvalue weighted by atomic mass is 10.00. The average Bonchev–Trinajstić information content (AvgIpc) is 3.08. The lowest BCUT2D eigenvalue weighted by Gasteiger charge is -2.10. The van der Waals surface area contributed by atoms with E-state index in [0.717, 1.165) is 22.2 Å². The van der Waals surface area contributed by atoms with Crippen LogP contribution in [0.1, 0.15) is 18.2 Å². The fourth-order valence-corrected chi connectivity index (χ4v) is 2.59. The van der Waals surface area contributed by atoms with Gasteiger partial charge in [-0.05, 0) is 42.8 Å². The fourth-order valence-electron chi connectivity index (χ4n) is 2.59. The van der Waals surface area contributed by atoms with Crippen LogP contribution in [0, 0.1) is 0 Å². The third-order valence-corrected chi connectivity index (χ3v) is 3.65. The Morgan fingerprint density at radius 2 is 2.17 bits per heavy atom. The van der Waals surface area contributed by atoms with Crippen LogP contribution in [0.2, 0.25) is 0 Å². The van der Waals surface area contributed by atoms with Gasteiger partial charge in [0.05, 0.1) is 19.4 Å². The van der Waals surface area contributed by atoms with Gasteiger partial charge in [-0.2, -0.15) is 0 Å². The molecule has 0 radical (unpaired) electrons. The van der Waals surface area contributed by atoms with E-state index in [4.69, 9.17) is 9.47 Å². The maximum Gasteiger partial charge on any atom is 0.331 e. The summed E-state index contributed by atoms with van der Waals surface area (Å²) in [6.45, 7) is 2.10. The lowest BCUT2D eigenvalue weighted by Crippen LogP contribution is -2.03. The number of H-pyrrole nitrogens is 1. The smallest absolute Gasteiger partial charge is 0.331 e. The van der Waals surface area contributed by atoms with Crippen molar-refractivity contribution in [3.8, 4) is 5.75 Å². The maximum absolute atomic E-state index is 12.0. The first-order valence-electron chi connectivity index (χ1n) is 7.68. The van der Waals surface area contributed by atoms with Gasteiger partial charge < -0.3 is 14.5 Å². The summed E-state index contributed by atoms with van der Waals surface area (Å²) >= 11 is 0. The van der Waals surface area contributed by atoms with Gasteiger partial charge in [-0.15, -0.1) is 0 Å². The predicted molar refractivity (Wildman–Crippen MR) is 92.8 cm³/mol. The van der Waals surface area contributed by atoms with E-state index in [1.165, 1.54) is 6.08 Å². The van der Waals surface area contributed by atoms with Gasteiger partial charge in [0.15, 0.2) is 0 Å². The number of rotatable bonds is 5. The van der Waals surface area contributed by atoms with Gasteiger partial charge in [-0.25, -0.2) is 4.79 Å². The van der Waals surface area contributed by atoms with E-state index >= 15 is 0 Å². The molecule has 2 heterocycles. The molecule has 0 fully saturated rings. The van der Waals surface area contributed by atoms with Crippen molar-refractivity contribution in [2.75, 3.05) is 13.7 Å². The number of carbonyl (C=O) groups is 1. The Morgan fingerprint density at radius 1 is 1.29 bits per heavy atom. The van der Waals surface area contributed by atoms with Gasteiger partial charge in [0.2, 0.25) is 0 Å². The zero-order valence-corrected chi connectivity index (χ0v) is 13.6. The normalized spacial score (nSPS) is 11.5. The van der Waals surface area contributed by atoms with Crippen LogP contribution in [0.3, 0.4) is 0 Å². The topological polar surface area (TPSA) is 64.2 Å². The Hall–Kier alpha value is -3.08. The van der Waals surface area contributed by atoms with E-state index in [1.807, 2.05) is 42.6 Å². The average molecular weight is 322 g/mol. The number of carbonyl (C=O) groups excluding carboxylic acids is 1. The molecule has 1 N–H and O–H groups in total. The molecule has 1 aromatic carbocycles. The standard InChI is InChI=1S/C19H18N2O3/c1-3-24-19(22)12-15(16-6-4-5-8-20-16)13-10-17-14(7-9-21-17)18(11-13)23-2/h4-12,21H,3H2,1-2H3. The quantitative estimate of drug-likeness (QED) is 0.576. The van der Waals surface area contributed by atoms with Crippen LogP contribution in [-0.2, 0) is 9.53 Å². The van der Waals surface area contributed by atoms with Crippen molar-refractivity contribution in [2.45, 2.75) is 6.92 Å². The number of nitrogens with one attached hydrogen (secondary N) is 1. The highest BCUT2D eigenvalue weighted by atomic mass is 16.5. The molecule has 2 aromatic heterocycles. The first-order chi connectivity index (χ1) is 11.7. The van der Waals surface area contributed by atoms with Gasteiger partial charge in [0.1, 0.15) is 5.75 Å². The second-order valence-corrected chi connectivity index (χ2v) is 5.14. The molecule has 0 aliphatic rings. The predicted octanol–water partition coefficient (Wildman–Crippen LogP) is 3.57. The summed E-state index contributed by atoms with van der Waals surface area (Å²) < 4.78 is 10.5. The molecule has 0 bridgehead atoms. The van der Waals surface area contributed by atoms with Crippen LogP contribution in [0.4, 0.5) is 0 Å². The van der Waals surface area contributed by atoms with Gasteiger partial charge in [-0.3, -0.25) is 4.98 Å². The first-order valence-corrected chi connectivity index (χ1v) is 7.68. The van der Waals surface area contributed by atoms with Gasteiger partial charge in [0.25, 0.3) is 0 Å². The van der Waals surface area contributed by atoms with Gasteiger partial charge in [-0.1, -0.05) is 6.07 Å². The minimum Gasteiger partial charge on any atom is -0.496 e. The Bertz CT molecular complexity index is 882. The third kappa shape index (κ3) is 3.15. The number of hydrogen-bond donors (Lipinski definition) is 1. The van der Waals surface area contributed by atoms with Crippen LogP contribution >= 0.6 is 0 Å². The van der Waals surface area contributed by atoms with Crippen molar-refractivity contribution < 1.29 is 14.3 Å². The summed E-state index contributed by atoms with van der Waals surface area (Å²) in [7, 11) is 1.63. The van der Waals surface area contributed by atoms with Crippen molar-refractivity contribution in [2.24, 2.45) is 0 Å². The number of methoxy groups -OCH3 is 1. The third-order valence-electron chi connectivity index (χ3n) is 3.65. The molecule has 0 aliphatic heterocycles. The van der Waals surface area contributed by atoms with Gasteiger partial charge >= 0.3 is 5.97 Å². The molecule has 3 rings (SSSR count). The molecule has 0 aliphatic carbocycles. The molecular weight excluding hydrogens is 304 g/mol. The molecule has 5 nitrogen and oxygen atoms in total. The summed E-state index contributed by atoms with van der Waals surface area (Å²) in [6.07, 6.45) is 5.01. The van der Waals surface area contributed by atoms with Crippen molar-refractivity contribution in [3.63, 3.8) is 0 Å². The molecule has 0 amide bonds. The highest BCUT2D eigenvalue weighted by Gasteiger charge is 2.13. The number of ether oxygens (including phenoxy) is 2. The highest BCUT2D eigenvalue weighted by Crippen LogP contribution is 2.32. The summed E-state index contributed by atoms with van der Waals surface area (Å²) in [5.74, 6) is 0.332. The molecule has 0 unspecified atom stereocenters.